The first-order chi connectivity index (χ1) is 16.8. The standard InChI is InChI=1S/C20H25N2O11.3CH3.Sn/c1-10(23)29-9-13-15(30-11(2)24)16(31-12(3)25)17(32-13)21-8-7-14(26)22(18(21)27)19(28)33-20(4,5)6;;;;/h8,13,15-17H,9H2,1-6H3;3*1H3;/t13-,15?,16?,17-;;;;/m1..../s1. The summed E-state index contributed by atoms with van der Waals surface area (Å²) in [5.74, 6) is -2.15. The molecule has 2 rings (SSSR count). The average molecular weight is 633 g/mol. The number of nitrogens with zero attached hydrogens (tertiary/aromatic N) is 2. The molecule has 0 amide bonds. The number of carbonyl (C=O) groups is 4. The van der Waals surface area contributed by atoms with Gasteiger partial charge in [0.2, 0.25) is 0 Å². The molecular weight excluding hydrogens is 599 g/mol. The van der Waals surface area contributed by atoms with E-state index in [1.165, 1.54) is 13.1 Å². The molecule has 0 radical (unpaired) electrons. The van der Waals surface area contributed by atoms with E-state index in [9.17, 15) is 28.8 Å². The molecule has 0 N–H and O–H groups in total. The van der Waals surface area contributed by atoms with Crippen LogP contribution in [0.3, 0.4) is 0 Å². The minimum atomic E-state index is -3.32. The third-order valence-electron chi connectivity index (χ3n) is 5.11. The molecule has 0 saturated carbocycles. The van der Waals surface area contributed by atoms with E-state index in [1.807, 2.05) is 14.8 Å². The Balaban J connectivity index is 2.79. The van der Waals surface area contributed by atoms with Crippen molar-refractivity contribution in [2.75, 3.05) is 6.61 Å². The number of esters is 3. The van der Waals surface area contributed by atoms with Crippen molar-refractivity contribution < 1.29 is 42.9 Å². The van der Waals surface area contributed by atoms with Crippen molar-refractivity contribution in [3.8, 4) is 0 Å². The van der Waals surface area contributed by atoms with Gasteiger partial charge in [-0.3, -0.25) is 0 Å². The molecule has 1 saturated heterocycles. The number of ether oxygens (including phenoxy) is 5. The first-order valence-electron chi connectivity index (χ1n) is 11.6. The summed E-state index contributed by atoms with van der Waals surface area (Å²) >= 11 is -3.32. The van der Waals surface area contributed by atoms with Crippen LogP contribution in [-0.4, -0.2) is 82.0 Å². The predicted molar refractivity (Wildman–Crippen MR) is 131 cm³/mol. The van der Waals surface area contributed by atoms with Crippen molar-refractivity contribution in [2.24, 2.45) is 0 Å². The van der Waals surface area contributed by atoms with Crippen LogP contribution in [0.2, 0.25) is 14.8 Å². The van der Waals surface area contributed by atoms with Crippen LogP contribution in [0.25, 0.3) is 0 Å². The number of hydrogen-bond acceptors (Lipinski definition) is 11. The van der Waals surface area contributed by atoms with Crippen LogP contribution in [0, 0.1) is 0 Å². The van der Waals surface area contributed by atoms with Crippen molar-refractivity contribution in [2.45, 2.75) is 86.5 Å². The van der Waals surface area contributed by atoms with Crippen molar-refractivity contribution >= 4 is 46.0 Å². The number of rotatable bonds is 6. The van der Waals surface area contributed by atoms with Crippen molar-refractivity contribution in [1.82, 2.24) is 9.13 Å². The van der Waals surface area contributed by atoms with E-state index in [2.05, 4.69) is 0 Å². The normalized spacial score (nSPS) is 21.8. The van der Waals surface area contributed by atoms with E-state index < -0.39 is 83.8 Å². The Labute approximate surface area is 217 Å². The third kappa shape index (κ3) is 7.66. The summed E-state index contributed by atoms with van der Waals surface area (Å²) in [4.78, 5) is 80.7. The van der Waals surface area contributed by atoms with Gasteiger partial charge >= 0.3 is 218 Å². The van der Waals surface area contributed by atoms with Gasteiger partial charge in [0, 0.05) is 0 Å². The summed E-state index contributed by atoms with van der Waals surface area (Å²) < 4.78 is 28.6. The summed E-state index contributed by atoms with van der Waals surface area (Å²) in [6.45, 7) is 7.78. The Morgan fingerprint density at radius 1 is 0.946 bits per heavy atom. The van der Waals surface area contributed by atoms with E-state index >= 15 is 0 Å². The van der Waals surface area contributed by atoms with E-state index in [4.69, 9.17) is 23.7 Å². The summed E-state index contributed by atoms with van der Waals surface area (Å²) in [5, 5.41) is 0. The van der Waals surface area contributed by atoms with Crippen LogP contribution >= 0.6 is 0 Å². The second-order valence-corrected chi connectivity index (χ2v) is 25.0. The van der Waals surface area contributed by atoms with Gasteiger partial charge in [-0.25, -0.2) is 0 Å². The van der Waals surface area contributed by atoms with Crippen LogP contribution in [-0.2, 0) is 38.1 Å². The van der Waals surface area contributed by atoms with E-state index in [-0.39, 0.29) is 10.2 Å². The monoisotopic (exact) mass is 634 g/mol. The fourth-order valence-corrected chi connectivity index (χ4v) is 7.31. The van der Waals surface area contributed by atoms with Crippen LogP contribution in [0.5, 0.6) is 0 Å². The Morgan fingerprint density at radius 3 is 1.95 bits per heavy atom. The summed E-state index contributed by atoms with van der Waals surface area (Å²) in [6.07, 6.45) is -5.07. The predicted octanol–water partition coefficient (Wildman–Crippen LogP) is 0.662. The fraction of sp³-hybridized carbons (Fsp3) is 0.652. The molecule has 0 bridgehead atoms. The SMILES string of the molecule is CC(=O)OC[C@H]1O[C@@H](n2c[c]([Sn]([CH3])([CH3])[CH3])c(=O)n(C(=O)OC(C)(C)C)c2=O)C(OC(C)=O)C1OC(C)=O. The van der Waals surface area contributed by atoms with Crippen LogP contribution in [0.4, 0.5) is 4.79 Å². The number of hydrogen-bond donors (Lipinski definition) is 0. The van der Waals surface area contributed by atoms with E-state index in [0.29, 0.717) is 4.57 Å². The Morgan fingerprint density at radius 2 is 1.49 bits per heavy atom. The fourth-order valence-electron chi connectivity index (χ4n) is 3.65. The molecule has 4 atom stereocenters. The molecule has 1 fully saturated rings. The maximum atomic E-state index is 13.6. The molecule has 37 heavy (non-hydrogen) atoms. The van der Waals surface area contributed by atoms with Crippen LogP contribution in [0.1, 0.15) is 47.8 Å². The van der Waals surface area contributed by atoms with Crippen molar-refractivity contribution in [1.29, 1.82) is 0 Å². The van der Waals surface area contributed by atoms with Gasteiger partial charge in [0.1, 0.15) is 0 Å². The van der Waals surface area contributed by atoms with E-state index in [0.717, 1.165) is 18.4 Å². The second kappa shape index (κ2) is 11.4. The third-order valence-corrected chi connectivity index (χ3v) is 10.7. The zero-order valence-electron chi connectivity index (χ0n) is 22.5. The van der Waals surface area contributed by atoms with Gasteiger partial charge < -0.3 is 0 Å². The molecule has 1 aromatic heterocycles. The first-order valence-corrected chi connectivity index (χ1v) is 21.6. The molecule has 13 nitrogen and oxygen atoms in total. The number of aromatic nitrogens is 2. The maximum absolute atomic E-state index is 13.6. The molecule has 1 aliphatic rings. The van der Waals surface area contributed by atoms with Gasteiger partial charge in [0.15, 0.2) is 0 Å². The van der Waals surface area contributed by atoms with Crippen molar-refractivity contribution in [3.63, 3.8) is 0 Å². The van der Waals surface area contributed by atoms with Gasteiger partial charge in [-0.1, -0.05) is 0 Å². The first kappa shape index (κ1) is 30.5. The Bertz CT molecular complexity index is 1190. The topological polar surface area (TPSA) is 158 Å². The summed E-state index contributed by atoms with van der Waals surface area (Å²) in [5.41, 5.74) is -2.90. The molecule has 2 heterocycles. The van der Waals surface area contributed by atoms with Crippen LogP contribution in [0.15, 0.2) is 15.8 Å². The zero-order valence-corrected chi connectivity index (χ0v) is 25.3. The molecule has 0 aliphatic carbocycles. The molecule has 1 aromatic rings. The molecule has 0 spiro atoms. The molecule has 14 heteroatoms. The molecule has 206 valence electrons. The summed E-state index contributed by atoms with van der Waals surface area (Å²) in [7, 11) is 0. The van der Waals surface area contributed by atoms with Gasteiger partial charge in [-0.05, 0) is 0 Å². The Hall–Kier alpha value is -2.68. The van der Waals surface area contributed by atoms with Crippen molar-refractivity contribution in [3.05, 3.63) is 27.0 Å². The minimum absolute atomic E-state index is 0.261. The quantitative estimate of drug-likeness (QED) is 0.246. The zero-order chi connectivity index (χ0) is 28.5. The van der Waals surface area contributed by atoms with Gasteiger partial charge in [-0.15, -0.1) is 0 Å². The molecule has 1 aliphatic heterocycles. The van der Waals surface area contributed by atoms with Gasteiger partial charge in [-0.2, -0.15) is 0 Å². The average Bonchev–Trinajstić information content (AvgIpc) is 3.00. The van der Waals surface area contributed by atoms with Crippen LogP contribution < -0.4 is 14.8 Å². The molecule has 2 unspecified atom stereocenters. The second-order valence-electron chi connectivity index (χ2n) is 10.6. The summed E-state index contributed by atoms with van der Waals surface area (Å²) in [6, 6.07) is 0. The molecular formula is C23H34N2O11Sn. The van der Waals surface area contributed by atoms with E-state index in [1.54, 1.807) is 20.8 Å². The molecule has 0 aromatic carbocycles. The Kier molecular flexibility index (Phi) is 9.39. The van der Waals surface area contributed by atoms with Gasteiger partial charge in [0.05, 0.1) is 0 Å². The number of carbonyl (C=O) groups excluding carboxylic acids is 4. The van der Waals surface area contributed by atoms with Gasteiger partial charge in [0.25, 0.3) is 0 Å².